The number of pyridine rings is 1. The lowest BCUT2D eigenvalue weighted by molar-refractivity contribution is 0.703. The largest absolute Gasteiger partial charge is 0.378 e. The van der Waals surface area contributed by atoms with E-state index in [-0.39, 0.29) is 5.04 Å². The minimum Gasteiger partial charge on any atom is -0.378 e. The van der Waals surface area contributed by atoms with Crippen molar-refractivity contribution in [3.63, 3.8) is 0 Å². The van der Waals surface area contributed by atoms with E-state index in [1.54, 1.807) is 11.3 Å². The second-order valence-electron chi connectivity index (χ2n) is 9.97. The van der Waals surface area contributed by atoms with Crippen molar-refractivity contribution in [3.8, 4) is 11.1 Å². The van der Waals surface area contributed by atoms with Gasteiger partial charge in [0.1, 0.15) is 5.01 Å². The van der Waals surface area contributed by atoms with E-state index in [1.165, 1.54) is 28.1 Å². The first-order valence-electron chi connectivity index (χ1n) is 10.5. The molecule has 0 aliphatic heterocycles. The highest BCUT2D eigenvalue weighted by Crippen LogP contribution is 2.51. The molecule has 0 N–H and O–H groups in total. The molecular formula is C25H31N3SSi. The molecule has 156 valence electrons. The maximum absolute atomic E-state index is 5.06. The average Bonchev–Trinajstić information content (AvgIpc) is 3.34. The predicted octanol–water partition coefficient (Wildman–Crippen LogP) is 6.85. The van der Waals surface area contributed by atoms with E-state index < -0.39 is 8.07 Å². The standard InChI is InChI=1S/C25H31N3SSi/c1-25(2,3)30(6,7)22-15-21(24-26-12-13-29-24)20-14-18(16-27-23(20)22)17-8-10-19(11-9-17)28(4)5/h8-16,22H,1-7H3. The molecule has 30 heavy (non-hydrogen) atoms. The third kappa shape index (κ3) is 3.54. The molecule has 1 atom stereocenters. The Labute approximate surface area is 185 Å². The number of rotatable bonds is 4. The Morgan fingerprint density at radius 1 is 1.00 bits per heavy atom. The lowest BCUT2D eigenvalue weighted by atomic mass is 10.0. The molecule has 0 fully saturated rings. The Hall–Kier alpha value is -2.24. The molecule has 5 heteroatoms. The van der Waals surface area contributed by atoms with Gasteiger partial charge >= 0.3 is 0 Å². The Balaban J connectivity index is 1.82. The van der Waals surface area contributed by atoms with Gasteiger partial charge in [0.05, 0.1) is 13.8 Å². The van der Waals surface area contributed by atoms with Crippen molar-refractivity contribution in [2.75, 3.05) is 19.0 Å². The first kappa shape index (κ1) is 21.0. The maximum atomic E-state index is 5.06. The Morgan fingerprint density at radius 3 is 2.27 bits per heavy atom. The van der Waals surface area contributed by atoms with E-state index >= 15 is 0 Å². The summed E-state index contributed by atoms with van der Waals surface area (Å²) < 4.78 is 0. The zero-order valence-corrected chi connectivity index (χ0v) is 20.8. The van der Waals surface area contributed by atoms with Crippen LogP contribution in [-0.4, -0.2) is 32.1 Å². The summed E-state index contributed by atoms with van der Waals surface area (Å²) in [7, 11) is 2.47. The van der Waals surface area contributed by atoms with E-state index in [4.69, 9.17) is 4.98 Å². The molecule has 4 rings (SSSR count). The number of fused-ring (bicyclic) bond motifs is 1. The summed E-state index contributed by atoms with van der Waals surface area (Å²) in [4.78, 5) is 11.8. The molecule has 1 aliphatic carbocycles. The average molecular weight is 434 g/mol. The number of anilines is 1. The van der Waals surface area contributed by atoms with Gasteiger partial charge in [-0.05, 0) is 28.8 Å². The van der Waals surface area contributed by atoms with E-state index in [9.17, 15) is 0 Å². The normalized spacial score (nSPS) is 16.4. The second kappa shape index (κ2) is 7.47. The third-order valence-electron chi connectivity index (χ3n) is 6.93. The van der Waals surface area contributed by atoms with Gasteiger partial charge in [0, 0.05) is 59.8 Å². The van der Waals surface area contributed by atoms with E-state index in [0.717, 1.165) is 10.6 Å². The van der Waals surface area contributed by atoms with Crippen LogP contribution in [0.3, 0.4) is 0 Å². The molecule has 0 bridgehead atoms. The molecular weight excluding hydrogens is 402 g/mol. The number of benzene rings is 1. The Morgan fingerprint density at radius 2 is 1.70 bits per heavy atom. The summed E-state index contributed by atoms with van der Waals surface area (Å²) in [5.74, 6) is 0. The molecule has 2 heterocycles. The zero-order valence-electron chi connectivity index (χ0n) is 19.0. The Bertz CT molecular complexity index is 1070. The van der Waals surface area contributed by atoms with Crippen molar-refractivity contribution in [2.24, 2.45) is 0 Å². The zero-order chi connectivity index (χ0) is 21.7. The summed E-state index contributed by atoms with van der Waals surface area (Å²) in [6.45, 7) is 12.1. The summed E-state index contributed by atoms with van der Waals surface area (Å²) >= 11 is 1.71. The van der Waals surface area contributed by atoms with Gasteiger partial charge in [-0.25, -0.2) is 4.98 Å². The van der Waals surface area contributed by atoms with Crippen LogP contribution < -0.4 is 4.90 Å². The fourth-order valence-electron chi connectivity index (χ4n) is 3.94. The van der Waals surface area contributed by atoms with Crippen molar-refractivity contribution in [1.82, 2.24) is 9.97 Å². The van der Waals surface area contributed by atoms with Crippen molar-refractivity contribution in [1.29, 1.82) is 0 Å². The SMILES string of the molecule is CN(C)c1ccc(-c2cnc3c(c2)C(c2nccs2)=CC3[Si](C)(C)C(C)(C)C)cc1. The molecule has 0 radical (unpaired) electrons. The van der Waals surface area contributed by atoms with Crippen molar-refractivity contribution < 1.29 is 0 Å². The van der Waals surface area contributed by atoms with Gasteiger partial charge in [-0.3, -0.25) is 4.98 Å². The number of hydrogen-bond donors (Lipinski definition) is 0. The summed E-state index contributed by atoms with van der Waals surface area (Å²) in [6.07, 6.45) is 6.42. The third-order valence-corrected chi connectivity index (χ3v) is 13.6. The minimum atomic E-state index is -1.66. The van der Waals surface area contributed by atoms with Gasteiger partial charge in [0.25, 0.3) is 0 Å². The first-order valence-corrected chi connectivity index (χ1v) is 14.4. The lowest BCUT2D eigenvalue weighted by Gasteiger charge is -2.41. The van der Waals surface area contributed by atoms with Crippen LogP contribution in [0.25, 0.3) is 16.7 Å². The highest BCUT2D eigenvalue weighted by Gasteiger charge is 2.46. The lowest BCUT2D eigenvalue weighted by Crippen LogP contribution is -2.43. The Kier molecular flexibility index (Phi) is 5.23. The van der Waals surface area contributed by atoms with Crippen LogP contribution >= 0.6 is 11.3 Å². The molecule has 1 aromatic carbocycles. The second-order valence-corrected chi connectivity index (χ2v) is 16.4. The van der Waals surface area contributed by atoms with E-state index in [1.807, 2.05) is 6.20 Å². The van der Waals surface area contributed by atoms with Crippen molar-refractivity contribution in [2.45, 2.75) is 44.4 Å². The molecule has 0 spiro atoms. The van der Waals surface area contributed by atoms with E-state index in [2.05, 4.69) is 106 Å². The molecule has 3 aromatic rings. The van der Waals surface area contributed by atoms with Gasteiger partial charge < -0.3 is 4.90 Å². The van der Waals surface area contributed by atoms with Gasteiger partial charge in [-0.1, -0.05) is 52.1 Å². The molecule has 3 nitrogen and oxygen atoms in total. The molecule has 0 amide bonds. The smallest absolute Gasteiger partial charge is 0.123 e. The summed E-state index contributed by atoms with van der Waals surface area (Å²) in [5.41, 5.74) is 7.72. The maximum Gasteiger partial charge on any atom is 0.123 e. The van der Waals surface area contributed by atoms with Crippen LogP contribution in [0, 0.1) is 0 Å². The number of thiazole rings is 1. The number of aromatic nitrogens is 2. The van der Waals surface area contributed by atoms with Crippen LogP contribution in [0.1, 0.15) is 42.6 Å². The first-order chi connectivity index (χ1) is 14.1. The van der Waals surface area contributed by atoms with Crippen LogP contribution in [-0.2, 0) is 0 Å². The van der Waals surface area contributed by atoms with Crippen LogP contribution in [0.15, 0.2) is 54.2 Å². The molecule has 1 aliphatic rings. The quantitative estimate of drug-likeness (QED) is 0.421. The number of nitrogens with zero attached hydrogens (tertiary/aromatic N) is 3. The van der Waals surface area contributed by atoms with Gasteiger partial charge in [0.15, 0.2) is 0 Å². The fourth-order valence-corrected chi connectivity index (χ4v) is 7.05. The van der Waals surface area contributed by atoms with Crippen molar-refractivity contribution >= 4 is 30.7 Å². The van der Waals surface area contributed by atoms with Gasteiger partial charge in [-0.2, -0.15) is 0 Å². The van der Waals surface area contributed by atoms with Crippen LogP contribution in [0.2, 0.25) is 18.1 Å². The monoisotopic (exact) mass is 433 g/mol. The topological polar surface area (TPSA) is 29.0 Å². The van der Waals surface area contributed by atoms with Gasteiger partial charge in [0.2, 0.25) is 0 Å². The molecule has 1 unspecified atom stereocenters. The van der Waals surface area contributed by atoms with E-state index in [0.29, 0.717) is 5.54 Å². The number of allylic oxidation sites excluding steroid dienone is 1. The highest BCUT2D eigenvalue weighted by atomic mass is 32.1. The number of hydrogen-bond acceptors (Lipinski definition) is 4. The minimum absolute atomic E-state index is 0.284. The van der Waals surface area contributed by atoms with Crippen LogP contribution in [0.5, 0.6) is 0 Å². The van der Waals surface area contributed by atoms with Gasteiger partial charge in [-0.15, -0.1) is 11.3 Å². The summed E-state index contributed by atoms with van der Waals surface area (Å²) in [6, 6.07) is 11.0. The highest BCUT2D eigenvalue weighted by molar-refractivity contribution is 7.10. The molecule has 0 saturated carbocycles. The summed E-state index contributed by atoms with van der Waals surface area (Å²) in [5, 5.41) is 3.44. The molecule has 0 saturated heterocycles. The molecule has 2 aromatic heterocycles. The predicted molar refractivity (Wildman–Crippen MR) is 133 cm³/mol. The van der Waals surface area contributed by atoms with Crippen LogP contribution in [0.4, 0.5) is 5.69 Å². The fraction of sp³-hybridized carbons (Fsp3) is 0.360. The van der Waals surface area contributed by atoms with Crippen molar-refractivity contribution in [3.05, 3.63) is 70.4 Å².